The van der Waals surface area contributed by atoms with Crippen molar-refractivity contribution in [2.45, 2.75) is 25.9 Å². The zero-order valence-electron chi connectivity index (χ0n) is 11.2. The fourth-order valence-electron chi connectivity index (χ4n) is 2.43. The number of nitro groups is 1. The number of hydrogen-bond acceptors (Lipinski definition) is 6. The Labute approximate surface area is 118 Å². The minimum Gasteiger partial charge on any atom is -0.368 e. The Morgan fingerprint density at radius 2 is 1.90 bits per heavy atom. The summed E-state index contributed by atoms with van der Waals surface area (Å²) in [7, 11) is 0. The van der Waals surface area contributed by atoms with Crippen molar-refractivity contribution >= 4 is 17.5 Å². The second-order valence-electron chi connectivity index (χ2n) is 4.90. The largest absolute Gasteiger partial charge is 0.391 e. The highest BCUT2D eigenvalue weighted by molar-refractivity contribution is 5.62. The van der Waals surface area contributed by atoms with Crippen molar-refractivity contribution in [2.24, 2.45) is 5.92 Å². The Kier molecular flexibility index (Phi) is 3.88. The predicted octanol–water partition coefficient (Wildman–Crippen LogP) is 2.05. The van der Waals surface area contributed by atoms with Gasteiger partial charge < -0.3 is 10.6 Å². The molecule has 21 heavy (non-hydrogen) atoms. The van der Waals surface area contributed by atoms with E-state index in [1.807, 2.05) is 0 Å². The van der Waals surface area contributed by atoms with E-state index in [0.29, 0.717) is 0 Å². The first-order valence-electron chi connectivity index (χ1n) is 6.30. The number of nitrogen functional groups attached to an aromatic ring is 1. The number of rotatable bonds is 2. The molecular formula is C11H14F3N5O2. The van der Waals surface area contributed by atoms with Gasteiger partial charge in [-0.2, -0.15) is 18.2 Å². The number of nitrogens with two attached hydrogens (primary N) is 1. The second kappa shape index (κ2) is 5.34. The topological polar surface area (TPSA) is 98.2 Å². The molecule has 1 aliphatic heterocycles. The fraction of sp³-hybridized carbons (Fsp3) is 0.636. The number of anilines is 2. The van der Waals surface area contributed by atoms with Gasteiger partial charge in [0.05, 0.1) is 10.8 Å². The van der Waals surface area contributed by atoms with Gasteiger partial charge in [0, 0.05) is 13.1 Å². The first-order chi connectivity index (χ1) is 9.70. The number of hydrogen-bond donors (Lipinski definition) is 1. The normalized spacial score (nSPS) is 17.0. The van der Waals surface area contributed by atoms with Gasteiger partial charge in [-0.05, 0) is 19.8 Å². The standard InChI is InChI=1S/C11H14F3N5O2/c1-6-8(19(20)21)9(17-10(15)16-6)18-4-2-7(3-5-18)11(12,13)14/h7H,2-5H2,1H3,(H2,15,16,17). The fourth-order valence-corrected chi connectivity index (χ4v) is 2.43. The van der Waals surface area contributed by atoms with E-state index in [4.69, 9.17) is 5.73 Å². The maximum Gasteiger partial charge on any atom is 0.391 e. The van der Waals surface area contributed by atoms with Gasteiger partial charge in [0.15, 0.2) is 0 Å². The third-order valence-corrected chi connectivity index (χ3v) is 3.50. The average Bonchev–Trinajstić information content (AvgIpc) is 2.36. The molecule has 0 radical (unpaired) electrons. The summed E-state index contributed by atoms with van der Waals surface area (Å²) in [4.78, 5) is 19.5. The van der Waals surface area contributed by atoms with E-state index in [9.17, 15) is 23.3 Å². The van der Waals surface area contributed by atoms with Crippen LogP contribution in [0.4, 0.5) is 30.6 Å². The lowest BCUT2D eigenvalue weighted by atomic mass is 9.96. The van der Waals surface area contributed by atoms with Crippen molar-refractivity contribution < 1.29 is 18.1 Å². The molecule has 0 unspecified atom stereocenters. The number of alkyl halides is 3. The average molecular weight is 305 g/mol. The third kappa shape index (κ3) is 3.14. The van der Waals surface area contributed by atoms with Gasteiger partial charge in [-0.15, -0.1) is 0 Å². The maximum absolute atomic E-state index is 12.6. The van der Waals surface area contributed by atoms with Crippen LogP contribution in [0.5, 0.6) is 0 Å². The Morgan fingerprint density at radius 1 is 1.33 bits per heavy atom. The molecule has 0 aromatic carbocycles. The highest BCUT2D eigenvalue weighted by atomic mass is 19.4. The number of piperidine rings is 1. The van der Waals surface area contributed by atoms with E-state index in [-0.39, 0.29) is 49.1 Å². The van der Waals surface area contributed by atoms with Crippen molar-refractivity contribution in [1.82, 2.24) is 9.97 Å². The highest BCUT2D eigenvalue weighted by Crippen LogP contribution is 2.37. The summed E-state index contributed by atoms with van der Waals surface area (Å²) in [6.07, 6.45) is -4.48. The van der Waals surface area contributed by atoms with E-state index in [1.54, 1.807) is 0 Å². The van der Waals surface area contributed by atoms with Crippen molar-refractivity contribution in [3.05, 3.63) is 15.8 Å². The molecule has 116 valence electrons. The van der Waals surface area contributed by atoms with Gasteiger partial charge in [0.2, 0.25) is 11.8 Å². The summed E-state index contributed by atoms with van der Waals surface area (Å²) in [6.45, 7) is 1.50. The molecule has 1 fully saturated rings. The van der Waals surface area contributed by atoms with Crippen LogP contribution in [0.3, 0.4) is 0 Å². The van der Waals surface area contributed by atoms with Crippen LogP contribution in [0.15, 0.2) is 0 Å². The molecule has 0 amide bonds. The number of nitrogens with zero attached hydrogens (tertiary/aromatic N) is 4. The van der Waals surface area contributed by atoms with Crippen LogP contribution in [-0.2, 0) is 0 Å². The Hall–Kier alpha value is -2.13. The summed E-state index contributed by atoms with van der Waals surface area (Å²) >= 11 is 0. The van der Waals surface area contributed by atoms with Crippen LogP contribution < -0.4 is 10.6 Å². The summed E-state index contributed by atoms with van der Waals surface area (Å²) in [5, 5.41) is 11.1. The molecule has 7 nitrogen and oxygen atoms in total. The first kappa shape index (κ1) is 15.3. The molecule has 0 aliphatic carbocycles. The van der Waals surface area contributed by atoms with Crippen LogP contribution in [0, 0.1) is 23.0 Å². The monoisotopic (exact) mass is 305 g/mol. The second-order valence-corrected chi connectivity index (χ2v) is 4.90. The Bertz CT molecular complexity index is 556. The van der Waals surface area contributed by atoms with Crippen molar-refractivity contribution in [3.8, 4) is 0 Å². The van der Waals surface area contributed by atoms with Crippen LogP contribution in [0.2, 0.25) is 0 Å². The SMILES string of the molecule is Cc1nc(N)nc(N2CCC(C(F)(F)F)CC2)c1[N+](=O)[O-]. The van der Waals surface area contributed by atoms with Gasteiger partial charge >= 0.3 is 11.9 Å². The lowest BCUT2D eigenvalue weighted by Gasteiger charge is -2.33. The smallest absolute Gasteiger partial charge is 0.368 e. The Balaban J connectivity index is 2.26. The van der Waals surface area contributed by atoms with Crippen molar-refractivity contribution in [1.29, 1.82) is 0 Å². The highest BCUT2D eigenvalue weighted by Gasteiger charge is 2.42. The molecule has 0 spiro atoms. The van der Waals surface area contributed by atoms with Crippen molar-refractivity contribution in [2.75, 3.05) is 23.7 Å². The van der Waals surface area contributed by atoms with E-state index >= 15 is 0 Å². The number of aromatic nitrogens is 2. The van der Waals surface area contributed by atoms with E-state index in [2.05, 4.69) is 9.97 Å². The number of halogens is 3. The Morgan fingerprint density at radius 3 is 2.38 bits per heavy atom. The summed E-state index contributed by atoms with van der Waals surface area (Å²) in [6, 6.07) is 0. The minimum absolute atomic E-state index is 0.00868. The molecule has 0 saturated carbocycles. The van der Waals surface area contributed by atoms with Crippen LogP contribution >= 0.6 is 0 Å². The third-order valence-electron chi connectivity index (χ3n) is 3.50. The zero-order chi connectivity index (χ0) is 15.8. The van der Waals surface area contributed by atoms with Gasteiger partial charge in [0.1, 0.15) is 5.69 Å². The van der Waals surface area contributed by atoms with Crippen LogP contribution in [0.1, 0.15) is 18.5 Å². The molecule has 0 bridgehead atoms. The van der Waals surface area contributed by atoms with E-state index in [0.717, 1.165) is 0 Å². The predicted molar refractivity (Wildman–Crippen MR) is 68.8 cm³/mol. The molecule has 2 N–H and O–H groups in total. The summed E-state index contributed by atoms with van der Waals surface area (Å²) in [5.74, 6) is -1.52. The van der Waals surface area contributed by atoms with E-state index in [1.165, 1.54) is 11.8 Å². The molecule has 1 aliphatic rings. The van der Waals surface area contributed by atoms with Crippen molar-refractivity contribution in [3.63, 3.8) is 0 Å². The molecule has 0 atom stereocenters. The molecule has 2 heterocycles. The van der Waals surface area contributed by atoms with E-state index < -0.39 is 17.0 Å². The molecule has 2 rings (SSSR count). The van der Waals surface area contributed by atoms with Gasteiger partial charge in [0.25, 0.3) is 0 Å². The summed E-state index contributed by atoms with van der Waals surface area (Å²) in [5.41, 5.74) is 5.27. The van der Waals surface area contributed by atoms with Crippen LogP contribution in [-0.4, -0.2) is 34.2 Å². The van der Waals surface area contributed by atoms with Gasteiger partial charge in [-0.1, -0.05) is 0 Å². The quantitative estimate of drug-likeness (QED) is 0.663. The summed E-state index contributed by atoms with van der Waals surface area (Å²) < 4.78 is 37.9. The lowest BCUT2D eigenvalue weighted by molar-refractivity contribution is -0.385. The molecular weight excluding hydrogens is 291 g/mol. The first-order valence-corrected chi connectivity index (χ1v) is 6.30. The number of aryl methyl sites for hydroxylation is 1. The molecule has 1 saturated heterocycles. The lowest BCUT2D eigenvalue weighted by Crippen LogP contribution is -2.39. The minimum atomic E-state index is -4.24. The maximum atomic E-state index is 12.6. The van der Waals surface area contributed by atoms with Crippen LogP contribution in [0.25, 0.3) is 0 Å². The molecule has 10 heteroatoms. The van der Waals surface area contributed by atoms with Gasteiger partial charge in [-0.25, -0.2) is 4.98 Å². The zero-order valence-corrected chi connectivity index (χ0v) is 11.2. The van der Waals surface area contributed by atoms with Gasteiger partial charge in [-0.3, -0.25) is 10.1 Å². The molecule has 1 aromatic heterocycles. The molecule has 1 aromatic rings.